The normalized spacial score (nSPS) is 12.1. The zero-order chi connectivity index (χ0) is 19.2. The van der Waals surface area contributed by atoms with E-state index in [2.05, 4.69) is 15.8 Å². The topological polar surface area (TPSA) is 83.0 Å². The van der Waals surface area contributed by atoms with Crippen molar-refractivity contribution in [1.82, 2.24) is 5.43 Å². The summed E-state index contributed by atoms with van der Waals surface area (Å²) in [6.07, 6.45) is 1.49. The first-order chi connectivity index (χ1) is 13.1. The summed E-state index contributed by atoms with van der Waals surface area (Å²) in [7, 11) is 1.47. The van der Waals surface area contributed by atoms with Crippen molar-refractivity contribution in [3.05, 3.63) is 66.2 Å². The van der Waals surface area contributed by atoms with E-state index in [-0.39, 0.29) is 11.7 Å². The fourth-order valence-electron chi connectivity index (χ4n) is 2.69. The van der Waals surface area contributed by atoms with Crippen LogP contribution in [0.25, 0.3) is 10.8 Å². The van der Waals surface area contributed by atoms with Gasteiger partial charge in [0.25, 0.3) is 5.91 Å². The second-order valence-corrected chi connectivity index (χ2v) is 6.06. The van der Waals surface area contributed by atoms with Gasteiger partial charge < -0.3 is 15.2 Å². The van der Waals surface area contributed by atoms with Gasteiger partial charge in [0.1, 0.15) is 6.04 Å². The van der Waals surface area contributed by atoms with Crippen molar-refractivity contribution in [2.75, 3.05) is 12.4 Å². The molecule has 3 rings (SSSR count). The maximum Gasteiger partial charge on any atom is 0.262 e. The van der Waals surface area contributed by atoms with Gasteiger partial charge in [-0.05, 0) is 42.1 Å². The van der Waals surface area contributed by atoms with Gasteiger partial charge in [-0.15, -0.1) is 0 Å². The molecule has 1 atom stereocenters. The Morgan fingerprint density at radius 3 is 2.74 bits per heavy atom. The summed E-state index contributed by atoms with van der Waals surface area (Å²) in [6.45, 7) is 1.77. The van der Waals surface area contributed by atoms with Crippen LogP contribution in [0.2, 0.25) is 0 Å². The lowest BCUT2D eigenvalue weighted by molar-refractivity contribution is -0.121. The van der Waals surface area contributed by atoms with Gasteiger partial charge in [-0.3, -0.25) is 4.79 Å². The molecule has 27 heavy (non-hydrogen) atoms. The molecule has 0 radical (unpaired) electrons. The quantitative estimate of drug-likeness (QED) is 0.462. The highest BCUT2D eigenvalue weighted by molar-refractivity contribution is 5.96. The first kappa shape index (κ1) is 18.3. The third-order valence-corrected chi connectivity index (χ3v) is 4.15. The summed E-state index contributed by atoms with van der Waals surface area (Å²) in [5.74, 6) is 0.132. The number of aromatic hydroxyl groups is 1. The van der Waals surface area contributed by atoms with Crippen LogP contribution in [-0.2, 0) is 4.79 Å². The van der Waals surface area contributed by atoms with Gasteiger partial charge in [0.2, 0.25) is 0 Å². The molecule has 3 aromatic carbocycles. The molecule has 0 spiro atoms. The molecule has 0 aliphatic rings. The molecule has 3 N–H and O–H groups in total. The molecule has 6 nitrogen and oxygen atoms in total. The molecule has 1 amide bonds. The number of methoxy groups -OCH3 is 1. The van der Waals surface area contributed by atoms with E-state index in [9.17, 15) is 9.90 Å². The van der Waals surface area contributed by atoms with E-state index in [1.165, 1.54) is 19.4 Å². The summed E-state index contributed by atoms with van der Waals surface area (Å²) in [5.41, 5.74) is 4.10. The first-order valence-corrected chi connectivity index (χ1v) is 8.52. The number of phenolic OH excluding ortho intramolecular Hbond substituents is 1. The summed E-state index contributed by atoms with van der Waals surface area (Å²) in [5, 5.41) is 18.9. The number of phenols is 1. The summed E-state index contributed by atoms with van der Waals surface area (Å²) >= 11 is 0. The number of hydrogen-bond donors (Lipinski definition) is 3. The van der Waals surface area contributed by atoms with E-state index < -0.39 is 6.04 Å². The highest BCUT2D eigenvalue weighted by Crippen LogP contribution is 2.25. The minimum absolute atomic E-state index is 0.0478. The van der Waals surface area contributed by atoms with Gasteiger partial charge in [-0.2, -0.15) is 5.10 Å². The molecule has 0 saturated heterocycles. The number of fused-ring (bicyclic) bond motifs is 1. The van der Waals surface area contributed by atoms with Crippen LogP contribution >= 0.6 is 0 Å². The van der Waals surface area contributed by atoms with Crippen LogP contribution in [0.15, 0.2) is 65.8 Å². The van der Waals surface area contributed by atoms with E-state index in [1.807, 2.05) is 42.5 Å². The molecular weight excluding hydrogens is 342 g/mol. The Kier molecular flexibility index (Phi) is 5.56. The van der Waals surface area contributed by atoms with Crippen molar-refractivity contribution in [3.8, 4) is 11.5 Å². The number of hydrazone groups is 1. The molecule has 0 bridgehead atoms. The van der Waals surface area contributed by atoms with E-state index in [4.69, 9.17) is 4.74 Å². The van der Waals surface area contributed by atoms with Crippen LogP contribution in [0.5, 0.6) is 11.5 Å². The summed E-state index contributed by atoms with van der Waals surface area (Å²) < 4.78 is 5.04. The lowest BCUT2D eigenvalue weighted by Gasteiger charge is -2.15. The summed E-state index contributed by atoms with van der Waals surface area (Å²) in [4.78, 5) is 12.3. The third-order valence-electron chi connectivity index (χ3n) is 4.15. The molecule has 0 aliphatic carbocycles. The first-order valence-electron chi connectivity index (χ1n) is 8.52. The minimum atomic E-state index is -0.470. The number of carbonyl (C=O) groups is 1. The fraction of sp³-hybridized carbons (Fsp3) is 0.143. The number of nitrogens with one attached hydrogen (secondary N) is 2. The second-order valence-electron chi connectivity index (χ2n) is 6.06. The molecule has 0 saturated carbocycles. The van der Waals surface area contributed by atoms with E-state index >= 15 is 0 Å². The fourth-order valence-corrected chi connectivity index (χ4v) is 2.69. The zero-order valence-electron chi connectivity index (χ0n) is 15.1. The number of carbonyl (C=O) groups excluding carboxylic acids is 1. The van der Waals surface area contributed by atoms with Crippen LogP contribution in [0.4, 0.5) is 5.69 Å². The molecule has 0 aromatic heterocycles. The standard InChI is InChI=1S/C21H21N3O3/c1-14(23-18-9-5-7-16-6-3-4-8-17(16)18)21(26)24-22-13-15-10-11-19(25)20(12-15)27-2/h3-14,23,25H,1-2H3,(H,24,26)/b22-13-/t14-/m0/s1. The second kappa shape index (κ2) is 8.23. The predicted molar refractivity (Wildman–Crippen MR) is 107 cm³/mol. The van der Waals surface area contributed by atoms with Gasteiger partial charge in [0.05, 0.1) is 13.3 Å². The SMILES string of the molecule is COc1cc(/C=N\NC(=O)[C@H](C)Nc2cccc3ccccc23)ccc1O. The van der Waals surface area contributed by atoms with Crippen molar-refractivity contribution in [1.29, 1.82) is 0 Å². The number of ether oxygens (including phenoxy) is 1. The monoisotopic (exact) mass is 363 g/mol. The maximum absolute atomic E-state index is 12.3. The van der Waals surface area contributed by atoms with E-state index in [0.717, 1.165) is 16.5 Å². The van der Waals surface area contributed by atoms with Crippen molar-refractivity contribution >= 4 is 28.6 Å². The molecule has 0 aliphatic heterocycles. The maximum atomic E-state index is 12.3. The molecule has 0 heterocycles. The van der Waals surface area contributed by atoms with Gasteiger partial charge in [0, 0.05) is 11.1 Å². The Bertz CT molecular complexity index is 980. The van der Waals surface area contributed by atoms with Crippen molar-refractivity contribution in [2.24, 2.45) is 5.10 Å². The predicted octanol–water partition coefficient (Wildman–Crippen LogP) is 3.50. The smallest absolute Gasteiger partial charge is 0.262 e. The molecule has 3 aromatic rings. The van der Waals surface area contributed by atoms with Crippen LogP contribution < -0.4 is 15.5 Å². The van der Waals surface area contributed by atoms with Crippen molar-refractivity contribution in [2.45, 2.75) is 13.0 Å². The Balaban J connectivity index is 1.64. The highest BCUT2D eigenvalue weighted by atomic mass is 16.5. The Morgan fingerprint density at radius 1 is 1.15 bits per heavy atom. The molecular formula is C21H21N3O3. The largest absolute Gasteiger partial charge is 0.504 e. The van der Waals surface area contributed by atoms with Gasteiger partial charge in [0.15, 0.2) is 11.5 Å². The lowest BCUT2D eigenvalue weighted by atomic mass is 10.1. The highest BCUT2D eigenvalue weighted by Gasteiger charge is 2.13. The average molecular weight is 363 g/mol. The van der Waals surface area contributed by atoms with Crippen molar-refractivity contribution < 1.29 is 14.6 Å². The number of rotatable bonds is 6. The number of nitrogens with zero attached hydrogens (tertiary/aromatic N) is 1. The van der Waals surface area contributed by atoms with Crippen LogP contribution in [0, 0.1) is 0 Å². The molecule has 138 valence electrons. The van der Waals surface area contributed by atoms with E-state index in [1.54, 1.807) is 19.1 Å². The number of amides is 1. The zero-order valence-corrected chi connectivity index (χ0v) is 15.1. The number of hydrogen-bond acceptors (Lipinski definition) is 5. The molecule has 6 heteroatoms. The molecule has 0 unspecified atom stereocenters. The third kappa shape index (κ3) is 4.36. The van der Waals surface area contributed by atoms with Crippen molar-refractivity contribution in [3.63, 3.8) is 0 Å². The number of benzene rings is 3. The Hall–Kier alpha value is -3.54. The van der Waals surface area contributed by atoms with Crippen LogP contribution in [-0.4, -0.2) is 30.4 Å². The Morgan fingerprint density at radius 2 is 1.93 bits per heavy atom. The summed E-state index contributed by atoms with van der Waals surface area (Å²) in [6, 6.07) is 18.2. The Labute approximate surface area is 157 Å². The van der Waals surface area contributed by atoms with Crippen LogP contribution in [0.3, 0.4) is 0 Å². The van der Waals surface area contributed by atoms with Gasteiger partial charge >= 0.3 is 0 Å². The van der Waals surface area contributed by atoms with Gasteiger partial charge in [-0.25, -0.2) is 5.43 Å². The van der Waals surface area contributed by atoms with Crippen LogP contribution in [0.1, 0.15) is 12.5 Å². The average Bonchev–Trinajstić information content (AvgIpc) is 2.69. The molecule has 0 fully saturated rings. The van der Waals surface area contributed by atoms with Gasteiger partial charge in [-0.1, -0.05) is 36.4 Å². The number of anilines is 1. The minimum Gasteiger partial charge on any atom is -0.504 e. The van der Waals surface area contributed by atoms with E-state index in [0.29, 0.717) is 11.3 Å². The lowest BCUT2D eigenvalue weighted by Crippen LogP contribution is -2.34.